The smallest absolute Gasteiger partial charge is 0.414 e. The van der Waals surface area contributed by atoms with Crippen molar-refractivity contribution >= 4 is 17.7 Å². The summed E-state index contributed by atoms with van der Waals surface area (Å²) < 4.78 is 5.37. The van der Waals surface area contributed by atoms with Gasteiger partial charge in [0, 0.05) is 6.54 Å². The highest BCUT2D eigenvalue weighted by Gasteiger charge is 2.34. The maximum absolute atomic E-state index is 12.2. The van der Waals surface area contributed by atoms with Crippen molar-refractivity contribution in [3.63, 3.8) is 0 Å². The molecule has 1 N–H and O–H groups in total. The Morgan fingerprint density at radius 2 is 1.95 bits per heavy atom. The number of hydrogen-bond acceptors (Lipinski definition) is 3. The molecule has 20 heavy (non-hydrogen) atoms. The molecule has 0 radical (unpaired) electrons. The summed E-state index contributed by atoms with van der Waals surface area (Å²) >= 11 is 0. The van der Waals surface area contributed by atoms with Gasteiger partial charge >= 0.3 is 12.1 Å². The van der Waals surface area contributed by atoms with Crippen molar-refractivity contribution in [2.75, 3.05) is 11.4 Å². The van der Waals surface area contributed by atoms with Crippen LogP contribution in [0.2, 0.25) is 0 Å². The second-order valence-corrected chi connectivity index (χ2v) is 5.87. The molecule has 0 fully saturated rings. The summed E-state index contributed by atoms with van der Waals surface area (Å²) in [6, 6.07) is 7.09. The molecule has 0 bridgehead atoms. The molecule has 1 aliphatic rings. The zero-order chi connectivity index (χ0) is 14.9. The van der Waals surface area contributed by atoms with E-state index in [1.165, 1.54) is 4.90 Å². The van der Waals surface area contributed by atoms with Crippen LogP contribution in [0.25, 0.3) is 0 Å². The van der Waals surface area contributed by atoms with Crippen LogP contribution in [0, 0.1) is 0 Å². The molecule has 0 unspecified atom stereocenters. The number of anilines is 1. The van der Waals surface area contributed by atoms with Gasteiger partial charge in [-0.05, 0) is 38.8 Å². The molecule has 0 saturated carbocycles. The lowest BCUT2D eigenvalue weighted by molar-refractivity contribution is -0.139. The predicted molar refractivity (Wildman–Crippen MR) is 75.0 cm³/mol. The van der Waals surface area contributed by atoms with Crippen molar-refractivity contribution in [2.45, 2.75) is 38.7 Å². The number of carboxylic acid groups (broad SMARTS) is 1. The van der Waals surface area contributed by atoms with Crippen LogP contribution < -0.4 is 4.90 Å². The van der Waals surface area contributed by atoms with E-state index in [1.807, 2.05) is 0 Å². The maximum Gasteiger partial charge on any atom is 0.414 e. The highest BCUT2D eigenvalue weighted by molar-refractivity contribution is 5.92. The summed E-state index contributed by atoms with van der Waals surface area (Å²) in [6.07, 6.45) is -0.0419. The van der Waals surface area contributed by atoms with E-state index in [0.29, 0.717) is 24.2 Å². The number of ether oxygens (including phenoxy) is 1. The molecule has 1 heterocycles. The molecule has 1 aromatic rings. The Labute approximate surface area is 118 Å². The van der Waals surface area contributed by atoms with Gasteiger partial charge in [0.05, 0.1) is 11.6 Å². The second-order valence-electron chi connectivity index (χ2n) is 5.87. The average molecular weight is 277 g/mol. The molecule has 1 aromatic carbocycles. The van der Waals surface area contributed by atoms with Gasteiger partial charge in [-0.15, -0.1) is 0 Å². The van der Waals surface area contributed by atoms with Gasteiger partial charge in [-0.2, -0.15) is 0 Å². The summed E-state index contributed by atoms with van der Waals surface area (Å²) in [4.78, 5) is 25.0. The van der Waals surface area contributed by atoms with Gasteiger partial charge in [0.2, 0.25) is 0 Å². The second kappa shape index (κ2) is 5.15. The normalized spacial score (nSPS) is 18.4. The van der Waals surface area contributed by atoms with Crippen LogP contribution in [0.15, 0.2) is 24.3 Å². The van der Waals surface area contributed by atoms with Crippen molar-refractivity contribution in [1.29, 1.82) is 0 Å². The SMILES string of the molecule is CC(C)(C)OC(=O)N1CC[C@@H](C(=O)O)c2ccccc21. The fourth-order valence-corrected chi connectivity index (χ4v) is 2.33. The van der Waals surface area contributed by atoms with E-state index in [2.05, 4.69) is 0 Å². The first-order chi connectivity index (χ1) is 9.29. The molecule has 0 spiro atoms. The number of nitrogens with zero attached hydrogens (tertiary/aromatic N) is 1. The minimum atomic E-state index is -0.860. The number of carbonyl (C=O) groups excluding carboxylic acids is 1. The zero-order valence-electron chi connectivity index (χ0n) is 11.9. The summed E-state index contributed by atoms with van der Waals surface area (Å²) in [7, 11) is 0. The topological polar surface area (TPSA) is 66.8 Å². The van der Waals surface area contributed by atoms with Crippen LogP contribution in [-0.2, 0) is 9.53 Å². The Morgan fingerprint density at radius 3 is 2.55 bits per heavy atom. The van der Waals surface area contributed by atoms with Gasteiger partial charge in [0.15, 0.2) is 0 Å². The third-order valence-corrected chi connectivity index (χ3v) is 3.16. The van der Waals surface area contributed by atoms with Gasteiger partial charge in [0.25, 0.3) is 0 Å². The van der Waals surface area contributed by atoms with E-state index >= 15 is 0 Å². The number of carbonyl (C=O) groups is 2. The van der Waals surface area contributed by atoms with E-state index < -0.39 is 23.6 Å². The van der Waals surface area contributed by atoms with Gasteiger partial charge in [0.1, 0.15) is 5.60 Å². The minimum Gasteiger partial charge on any atom is -0.481 e. The molecule has 1 atom stereocenters. The molecule has 1 amide bonds. The first kappa shape index (κ1) is 14.4. The van der Waals surface area contributed by atoms with Crippen LogP contribution in [0.3, 0.4) is 0 Å². The van der Waals surface area contributed by atoms with Crippen molar-refractivity contribution in [3.05, 3.63) is 29.8 Å². The fraction of sp³-hybridized carbons (Fsp3) is 0.467. The molecular weight excluding hydrogens is 258 g/mol. The number of fused-ring (bicyclic) bond motifs is 1. The summed E-state index contributed by atoms with van der Waals surface area (Å²) in [5, 5.41) is 9.26. The van der Waals surface area contributed by atoms with Gasteiger partial charge in [-0.25, -0.2) is 4.79 Å². The number of aliphatic carboxylic acids is 1. The number of rotatable bonds is 1. The number of hydrogen-bond donors (Lipinski definition) is 1. The summed E-state index contributed by atoms with van der Waals surface area (Å²) in [5.41, 5.74) is 0.716. The van der Waals surface area contributed by atoms with Crippen molar-refractivity contribution in [1.82, 2.24) is 0 Å². The third kappa shape index (κ3) is 2.92. The lowest BCUT2D eigenvalue weighted by Gasteiger charge is -2.33. The number of carboxylic acids is 1. The predicted octanol–water partition coefficient (Wildman–Crippen LogP) is 3.00. The van der Waals surface area contributed by atoms with Crippen LogP contribution in [-0.4, -0.2) is 29.3 Å². The van der Waals surface area contributed by atoms with Crippen LogP contribution >= 0.6 is 0 Å². The zero-order valence-corrected chi connectivity index (χ0v) is 11.9. The van der Waals surface area contributed by atoms with Crippen molar-refractivity contribution < 1.29 is 19.4 Å². The van der Waals surface area contributed by atoms with Gasteiger partial charge in [-0.3, -0.25) is 9.69 Å². The highest BCUT2D eigenvalue weighted by Crippen LogP contribution is 2.35. The lowest BCUT2D eigenvalue weighted by Crippen LogP contribution is -2.41. The monoisotopic (exact) mass is 277 g/mol. The minimum absolute atomic E-state index is 0.350. The summed E-state index contributed by atoms with van der Waals surface area (Å²) in [5.74, 6) is -1.42. The molecule has 5 heteroatoms. The maximum atomic E-state index is 12.2. The largest absolute Gasteiger partial charge is 0.481 e. The Kier molecular flexibility index (Phi) is 3.70. The Balaban J connectivity index is 2.32. The molecule has 108 valence electrons. The Hall–Kier alpha value is -2.04. The Morgan fingerprint density at radius 1 is 1.30 bits per heavy atom. The number of amides is 1. The number of para-hydroxylation sites is 1. The van der Waals surface area contributed by atoms with E-state index in [4.69, 9.17) is 4.74 Å². The molecule has 5 nitrogen and oxygen atoms in total. The molecular formula is C15H19NO4. The fourth-order valence-electron chi connectivity index (χ4n) is 2.33. The Bertz CT molecular complexity index is 533. The molecule has 0 saturated heterocycles. The third-order valence-electron chi connectivity index (χ3n) is 3.16. The van der Waals surface area contributed by atoms with E-state index in [0.717, 1.165) is 0 Å². The van der Waals surface area contributed by atoms with E-state index in [-0.39, 0.29) is 0 Å². The van der Waals surface area contributed by atoms with Gasteiger partial charge in [-0.1, -0.05) is 18.2 Å². The standard InChI is InChI=1S/C15H19NO4/c1-15(2,3)20-14(19)16-9-8-11(13(17)18)10-6-4-5-7-12(10)16/h4-7,11H,8-9H2,1-3H3,(H,17,18)/t11-/m1/s1. The molecule has 2 rings (SSSR count). The first-order valence-corrected chi connectivity index (χ1v) is 6.62. The van der Waals surface area contributed by atoms with Crippen molar-refractivity contribution in [2.24, 2.45) is 0 Å². The average Bonchev–Trinajstić information content (AvgIpc) is 2.35. The lowest BCUT2D eigenvalue weighted by atomic mass is 9.90. The van der Waals surface area contributed by atoms with E-state index in [1.54, 1.807) is 45.0 Å². The quantitative estimate of drug-likeness (QED) is 0.857. The van der Waals surface area contributed by atoms with Crippen molar-refractivity contribution in [3.8, 4) is 0 Å². The molecule has 1 aliphatic heterocycles. The molecule has 0 aromatic heterocycles. The van der Waals surface area contributed by atoms with Gasteiger partial charge < -0.3 is 9.84 Å². The van der Waals surface area contributed by atoms with Crippen LogP contribution in [0.5, 0.6) is 0 Å². The van der Waals surface area contributed by atoms with Crippen LogP contribution in [0.1, 0.15) is 38.7 Å². The number of benzene rings is 1. The van der Waals surface area contributed by atoms with Crippen LogP contribution in [0.4, 0.5) is 10.5 Å². The highest BCUT2D eigenvalue weighted by atomic mass is 16.6. The van der Waals surface area contributed by atoms with E-state index in [9.17, 15) is 14.7 Å². The summed E-state index contributed by atoms with van der Waals surface area (Å²) in [6.45, 7) is 5.77. The molecule has 0 aliphatic carbocycles. The first-order valence-electron chi connectivity index (χ1n) is 6.62.